The number of aromatic nitrogens is 1. The van der Waals surface area contributed by atoms with E-state index >= 15 is 0 Å². The number of hydrogen-bond acceptors (Lipinski definition) is 5. The van der Waals surface area contributed by atoms with Crippen LogP contribution in [0.25, 0.3) is 0 Å². The lowest BCUT2D eigenvalue weighted by molar-refractivity contribution is -0.114. The molecule has 0 atom stereocenters. The number of ether oxygens (including phenoxy) is 1. The van der Waals surface area contributed by atoms with Crippen LogP contribution < -0.4 is 15.4 Å². The van der Waals surface area contributed by atoms with Crippen LogP contribution in [0.15, 0.2) is 28.8 Å². The van der Waals surface area contributed by atoms with Crippen molar-refractivity contribution >= 4 is 23.3 Å². The van der Waals surface area contributed by atoms with Gasteiger partial charge in [0.1, 0.15) is 11.5 Å². The number of benzene rings is 1. The second-order valence-electron chi connectivity index (χ2n) is 4.37. The fourth-order valence-corrected chi connectivity index (χ4v) is 1.78. The third kappa shape index (κ3) is 3.59. The number of nitrogens with zero attached hydrogens (tertiary/aromatic N) is 1. The quantitative estimate of drug-likeness (QED) is 0.900. The molecule has 1 aromatic carbocycles. The van der Waals surface area contributed by atoms with E-state index in [1.165, 1.54) is 20.1 Å². The van der Waals surface area contributed by atoms with Crippen molar-refractivity contribution in [2.45, 2.75) is 13.8 Å². The van der Waals surface area contributed by atoms with Crippen LogP contribution in [-0.2, 0) is 4.79 Å². The summed E-state index contributed by atoms with van der Waals surface area (Å²) in [6.45, 7) is 3.11. The number of anilines is 2. The van der Waals surface area contributed by atoms with E-state index in [0.717, 1.165) is 0 Å². The zero-order valence-corrected chi connectivity index (χ0v) is 11.9. The summed E-state index contributed by atoms with van der Waals surface area (Å²) >= 11 is 0. The van der Waals surface area contributed by atoms with E-state index in [9.17, 15) is 9.59 Å². The van der Waals surface area contributed by atoms with Crippen LogP contribution in [0.5, 0.6) is 5.75 Å². The molecular weight excluding hydrogens is 274 g/mol. The van der Waals surface area contributed by atoms with Crippen LogP contribution in [0.1, 0.15) is 23.0 Å². The summed E-state index contributed by atoms with van der Waals surface area (Å²) in [5, 5.41) is 8.90. The normalized spacial score (nSPS) is 10.0. The number of aryl methyl sites for hydroxylation is 1. The second-order valence-corrected chi connectivity index (χ2v) is 4.37. The molecule has 110 valence electrons. The fraction of sp³-hybridized carbons (Fsp3) is 0.214. The molecule has 0 saturated carbocycles. The van der Waals surface area contributed by atoms with Crippen LogP contribution in [0.3, 0.4) is 0 Å². The highest BCUT2D eigenvalue weighted by atomic mass is 16.5. The first kappa shape index (κ1) is 14.6. The molecule has 0 aliphatic carbocycles. The Bertz CT molecular complexity index is 679. The van der Waals surface area contributed by atoms with Crippen molar-refractivity contribution in [3.05, 3.63) is 35.6 Å². The average molecular weight is 289 g/mol. The Morgan fingerprint density at radius 1 is 1.24 bits per heavy atom. The molecule has 2 N–H and O–H groups in total. The Kier molecular flexibility index (Phi) is 4.22. The molecule has 0 fully saturated rings. The van der Waals surface area contributed by atoms with Crippen molar-refractivity contribution in [2.24, 2.45) is 0 Å². The molecule has 0 aliphatic heterocycles. The van der Waals surface area contributed by atoms with Crippen LogP contribution in [0.4, 0.5) is 11.5 Å². The van der Waals surface area contributed by atoms with Gasteiger partial charge in [-0.1, -0.05) is 5.16 Å². The van der Waals surface area contributed by atoms with E-state index in [-0.39, 0.29) is 11.5 Å². The van der Waals surface area contributed by atoms with Crippen molar-refractivity contribution in [3.63, 3.8) is 0 Å². The van der Waals surface area contributed by atoms with Crippen molar-refractivity contribution in [1.82, 2.24) is 5.16 Å². The van der Waals surface area contributed by atoms with Gasteiger partial charge < -0.3 is 19.9 Å². The van der Waals surface area contributed by atoms with Crippen LogP contribution >= 0.6 is 0 Å². The third-order valence-corrected chi connectivity index (χ3v) is 2.63. The standard InChI is InChI=1S/C14H15N3O4/c1-8-6-13(17-21-8)16-14(19)11-7-10(15-9(2)18)4-5-12(11)20-3/h4-7H,1-3H3,(H,15,18)(H,16,17,19). The maximum absolute atomic E-state index is 12.3. The van der Waals surface area contributed by atoms with Crippen molar-refractivity contribution in [1.29, 1.82) is 0 Å². The molecule has 2 aromatic rings. The van der Waals surface area contributed by atoms with E-state index in [0.29, 0.717) is 23.0 Å². The molecule has 7 nitrogen and oxygen atoms in total. The molecule has 0 radical (unpaired) electrons. The maximum atomic E-state index is 12.3. The van der Waals surface area contributed by atoms with Gasteiger partial charge in [-0.2, -0.15) is 0 Å². The number of methoxy groups -OCH3 is 1. The minimum atomic E-state index is -0.410. The van der Waals surface area contributed by atoms with E-state index in [2.05, 4.69) is 15.8 Å². The first-order chi connectivity index (χ1) is 9.99. The molecule has 1 heterocycles. The number of amides is 2. The Hall–Kier alpha value is -2.83. The van der Waals surface area contributed by atoms with Gasteiger partial charge in [-0.3, -0.25) is 9.59 Å². The lowest BCUT2D eigenvalue weighted by atomic mass is 10.1. The summed E-state index contributed by atoms with van der Waals surface area (Å²) in [4.78, 5) is 23.3. The van der Waals surface area contributed by atoms with E-state index in [4.69, 9.17) is 9.26 Å². The molecule has 0 saturated heterocycles. The smallest absolute Gasteiger partial charge is 0.260 e. The number of rotatable bonds is 4. The highest BCUT2D eigenvalue weighted by Gasteiger charge is 2.15. The van der Waals surface area contributed by atoms with Crippen LogP contribution in [0.2, 0.25) is 0 Å². The average Bonchev–Trinajstić information content (AvgIpc) is 2.83. The Balaban J connectivity index is 2.26. The monoisotopic (exact) mass is 289 g/mol. The zero-order valence-electron chi connectivity index (χ0n) is 11.9. The molecule has 21 heavy (non-hydrogen) atoms. The minimum absolute atomic E-state index is 0.223. The minimum Gasteiger partial charge on any atom is -0.496 e. The molecule has 0 spiro atoms. The lowest BCUT2D eigenvalue weighted by Gasteiger charge is -2.10. The highest BCUT2D eigenvalue weighted by Crippen LogP contribution is 2.23. The van der Waals surface area contributed by atoms with Crippen molar-refractivity contribution in [3.8, 4) is 5.75 Å². The highest BCUT2D eigenvalue weighted by molar-refractivity contribution is 6.06. The molecule has 2 amide bonds. The summed E-state index contributed by atoms with van der Waals surface area (Å²) in [7, 11) is 1.46. The van der Waals surface area contributed by atoms with E-state index in [1.807, 2.05) is 0 Å². The van der Waals surface area contributed by atoms with Crippen molar-refractivity contribution < 1.29 is 18.8 Å². The largest absolute Gasteiger partial charge is 0.496 e. The molecular formula is C14H15N3O4. The zero-order chi connectivity index (χ0) is 15.4. The predicted octanol–water partition coefficient (Wildman–Crippen LogP) is 2.20. The first-order valence-corrected chi connectivity index (χ1v) is 6.20. The summed E-state index contributed by atoms with van der Waals surface area (Å²) in [5.41, 5.74) is 0.786. The third-order valence-electron chi connectivity index (χ3n) is 2.63. The lowest BCUT2D eigenvalue weighted by Crippen LogP contribution is -2.14. The molecule has 0 aliphatic rings. The summed E-state index contributed by atoms with van der Waals surface area (Å²) < 4.78 is 10.0. The molecule has 1 aromatic heterocycles. The summed E-state index contributed by atoms with van der Waals surface area (Å²) in [5.74, 6) is 0.654. The van der Waals surface area contributed by atoms with Gasteiger partial charge in [0.05, 0.1) is 12.7 Å². The summed E-state index contributed by atoms with van der Waals surface area (Å²) in [6, 6.07) is 6.38. The first-order valence-electron chi connectivity index (χ1n) is 6.20. The Labute approximate surface area is 121 Å². The molecule has 0 unspecified atom stereocenters. The van der Waals surface area contributed by atoms with Gasteiger partial charge in [-0.15, -0.1) is 0 Å². The van der Waals surface area contributed by atoms with E-state index < -0.39 is 5.91 Å². The number of carbonyl (C=O) groups is 2. The summed E-state index contributed by atoms with van der Waals surface area (Å²) in [6.07, 6.45) is 0. The number of nitrogens with one attached hydrogen (secondary N) is 2. The molecule has 2 rings (SSSR count). The van der Waals surface area contributed by atoms with Crippen molar-refractivity contribution in [2.75, 3.05) is 17.7 Å². The Morgan fingerprint density at radius 3 is 2.57 bits per heavy atom. The van der Waals surface area contributed by atoms with Gasteiger partial charge in [-0.25, -0.2) is 0 Å². The van der Waals surface area contributed by atoms with Gasteiger partial charge in [0.2, 0.25) is 5.91 Å². The topological polar surface area (TPSA) is 93.5 Å². The van der Waals surface area contributed by atoms with Gasteiger partial charge >= 0.3 is 0 Å². The van der Waals surface area contributed by atoms with Crippen LogP contribution in [-0.4, -0.2) is 24.1 Å². The van der Waals surface area contributed by atoms with Gasteiger partial charge in [-0.05, 0) is 25.1 Å². The van der Waals surface area contributed by atoms with Gasteiger partial charge in [0.25, 0.3) is 5.91 Å². The van der Waals surface area contributed by atoms with Gasteiger partial charge in [0.15, 0.2) is 5.82 Å². The SMILES string of the molecule is COc1ccc(NC(C)=O)cc1C(=O)Nc1cc(C)on1. The second kappa shape index (κ2) is 6.08. The fourth-order valence-electron chi connectivity index (χ4n) is 1.78. The number of carbonyl (C=O) groups excluding carboxylic acids is 2. The molecule has 7 heteroatoms. The molecule has 0 bridgehead atoms. The van der Waals surface area contributed by atoms with Crippen LogP contribution in [0, 0.1) is 6.92 Å². The van der Waals surface area contributed by atoms with Gasteiger partial charge in [0, 0.05) is 18.7 Å². The number of hydrogen-bond donors (Lipinski definition) is 2. The Morgan fingerprint density at radius 2 is 2.00 bits per heavy atom. The maximum Gasteiger partial charge on any atom is 0.260 e. The predicted molar refractivity (Wildman–Crippen MR) is 76.5 cm³/mol. The van der Waals surface area contributed by atoms with E-state index in [1.54, 1.807) is 25.1 Å².